The van der Waals surface area contributed by atoms with E-state index in [0.717, 1.165) is 44.8 Å². The number of rotatable bonds is 6. The van der Waals surface area contributed by atoms with Crippen LogP contribution in [0.1, 0.15) is 25.8 Å². The lowest BCUT2D eigenvalue weighted by Crippen LogP contribution is -2.53. The Morgan fingerprint density at radius 2 is 1.87 bits per heavy atom. The van der Waals surface area contributed by atoms with Crippen LogP contribution in [0.2, 0.25) is 0 Å². The topological polar surface area (TPSA) is 44.8 Å². The number of methoxy groups -OCH3 is 1. The van der Waals surface area contributed by atoms with Crippen LogP contribution in [-0.2, 0) is 6.42 Å². The molecule has 0 spiro atoms. The quantitative estimate of drug-likeness (QED) is 0.875. The van der Waals surface area contributed by atoms with Crippen LogP contribution in [-0.4, -0.2) is 61.7 Å². The van der Waals surface area contributed by atoms with Gasteiger partial charge in [0.1, 0.15) is 5.75 Å². The van der Waals surface area contributed by atoms with Gasteiger partial charge in [-0.3, -0.25) is 4.90 Å². The van der Waals surface area contributed by atoms with Gasteiger partial charge in [-0.2, -0.15) is 0 Å². The molecule has 0 aliphatic carbocycles. The van der Waals surface area contributed by atoms with Crippen LogP contribution in [0.25, 0.3) is 0 Å². The van der Waals surface area contributed by atoms with Gasteiger partial charge in [0.25, 0.3) is 0 Å². The second-order valence-corrected chi connectivity index (χ2v) is 6.11. The minimum absolute atomic E-state index is 0.0577. The van der Waals surface area contributed by atoms with Gasteiger partial charge in [-0.1, -0.05) is 19.1 Å². The number of amides is 2. The van der Waals surface area contributed by atoms with E-state index in [1.165, 1.54) is 5.56 Å². The van der Waals surface area contributed by atoms with Gasteiger partial charge >= 0.3 is 6.03 Å². The molecule has 1 aromatic carbocycles. The SMILES string of the molecule is CCC(C)N1CCN(C(=O)NCCc2ccc(OC)cc2)CC1. The van der Waals surface area contributed by atoms with Crippen LogP contribution in [0.15, 0.2) is 24.3 Å². The lowest BCUT2D eigenvalue weighted by molar-refractivity contribution is 0.112. The van der Waals surface area contributed by atoms with Crippen LogP contribution in [0, 0.1) is 0 Å². The summed E-state index contributed by atoms with van der Waals surface area (Å²) < 4.78 is 5.14. The van der Waals surface area contributed by atoms with E-state index in [9.17, 15) is 4.79 Å². The predicted octanol–water partition coefficient (Wildman–Crippen LogP) is 2.36. The Labute approximate surface area is 139 Å². The van der Waals surface area contributed by atoms with E-state index < -0.39 is 0 Å². The summed E-state index contributed by atoms with van der Waals surface area (Å²) in [7, 11) is 1.66. The maximum absolute atomic E-state index is 12.2. The molecule has 1 atom stereocenters. The van der Waals surface area contributed by atoms with E-state index in [2.05, 4.69) is 24.1 Å². The Bertz CT molecular complexity index is 482. The first-order valence-electron chi connectivity index (χ1n) is 8.53. The second kappa shape index (κ2) is 8.77. The number of urea groups is 1. The number of carbonyl (C=O) groups is 1. The normalized spacial score (nSPS) is 16.9. The lowest BCUT2D eigenvalue weighted by Gasteiger charge is -2.37. The Kier molecular flexibility index (Phi) is 6.71. The average molecular weight is 319 g/mol. The van der Waals surface area contributed by atoms with E-state index in [-0.39, 0.29) is 6.03 Å². The summed E-state index contributed by atoms with van der Waals surface area (Å²) >= 11 is 0. The molecule has 1 aliphatic heterocycles. The Hall–Kier alpha value is -1.75. The van der Waals surface area contributed by atoms with E-state index in [0.29, 0.717) is 12.6 Å². The summed E-state index contributed by atoms with van der Waals surface area (Å²) in [5.74, 6) is 0.858. The summed E-state index contributed by atoms with van der Waals surface area (Å²) in [4.78, 5) is 16.6. The van der Waals surface area contributed by atoms with Gasteiger partial charge in [-0.15, -0.1) is 0 Å². The standard InChI is InChI=1S/C18H29N3O2/c1-4-15(2)20-11-13-21(14-12-20)18(22)19-10-9-16-5-7-17(23-3)8-6-16/h5-8,15H,4,9-14H2,1-3H3,(H,19,22). The number of benzene rings is 1. The molecule has 0 aromatic heterocycles. The number of carbonyl (C=O) groups excluding carboxylic acids is 1. The first-order valence-corrected chi connectivity index (χ1v) is 8.53. The molecule has 0 radical (unpaired) electrons. The van der Waals surface area contributed by atoms with Gasteiger partial charge in [-0.05, 0) is 37.5 Å². The number of piperazine rings is 1. The number of nitrogens with one attached hydrogen (secondary N) is 1. The molecule has 2 amide bonds. The van der Waals surface area contributed by atoms with E-state index in [4.69, 9.17) is 4.74 Å². The molecule has 0 bridgehead atoms. The van der Waals surface area contributed by atoms with Crippen molar-refractivity contribution < 1.29 is 9.53 Å². The first-order chi connectivity index (χ1) is 11.1. The summed E-state index contributed by atoms with van der Waals surface area (Å²) in [5.41, 5.74) is 1.20. The van der Waals surface area contributed by atoms with Crippen molar-refractivity contribution in [1.29, 1.82) is 0 Å². The molecule has 1 aliphatic rings. The summed E-state index contributed by atoms with van der Waals surface area (Å²) in [6.45, 7) is 8.71. The van der Waals surface area contributed by atoms with E-state index >= 15 is 0 Å². The summed E-state index contributed by atoms with van der Waals surface area (Å²) in [5, 5.41) is 3.02. The maximum Gasteiger partial charge on any atom is 0.317 e. The van der Waals surface area contributed by atoms with E-state index in [1.807, 2.05) is 29.2 Å². The van der Waals surface area contributed by atoms with Crippen molar-refractivity contribution >= 4 is 6.03 Å². The van der Waals surface area contributed by atoms with Gasteiger partial charge < -0.3 is 15.0 Å². The fraction of sp³-hybridized carbons (Fsp3) is 0.611. The van der Waals surface area contributed by atoms with Gasteiger partial charge in [0.05, 0.1) is 7.11 Å². The second-order valence-electron chi connectivity index (χ2n) is 6.11. The van der Waals surface area contributed by atoms with Crippen molar-refractivity contribution in [1.82, 2.24) is 15.1 Å². The highest BCUT2D eigenvalue weighted by atomic mass is 16.5. The van der Waals surface area contributed by atoms with Crippen molar-refractivity contribution in [3.8, 4) is 5.75 Å². The van der Waals surface area contributed by atoms with Crippen LogP contribution >= 0.6 is 0 Å². The van der Waals surface area contributed by atoms with Crippen LogP contribution in [0.3, 0.4) is 0 Å². The third-order valence-corrected chi connectivity index (χ3v) is 4.66. The number of ether oxygens (including phenoxy) is 1. The summed E-state index contributed by atoms with van der Waals surface area (Å²) in [6.07, 6.45) is 2.00. The largest absolute Gasteiger partial charge is 0.497 e. The zero-order valence-corrected chi connectivity index (χ0v) is 14.5. The Morgan fingerprint density at radius 3 is 2.43 bits per heavy atom. The maximum atomic E-state index is 12.2. The molecule has 1 saturated heterocycles. The van der Waals surface area contributed by atoms with Crippen LogP contribution in [0.4, 0.5) is 4.79 Å². The highest BCUT2D eigenvalue weighted by Crippen LogP contribution is 2.11. The number of hydrogen-bond acceptors (Lipinski definition) is 3. The molecular formula is C18H29N3O2. The lowest BCUT2D eigenvalue weighted by atomic mass is 10.1. The molecule has 1 unspecified atom stereocenters. The highest BCUT2D eigenvalue weighted by Gasteiger charge is 2.22. The third kappa shape index (κ3) is 5.13. The predicted molar refractivity (Wildman–Crippen MR) is 93.0 cm³/mol. The number of hydrogen-bond donors (Lipinski definition) is 1. The fourth-order valence-corrected chi connectivity index (χ4v) is 2.84. The minimum atomic E-state index is 0.0577. The Morgan fingerprint density at radius 1 is 1.22 bits per heavy atom. The molecule has 1 N–H and O–H groups in total. The first kappa shape index (κ1) is 17.6. The van der Waals surface area contributed by atoms with Gasteiger partial charge in [-0.25, -0.2) is 4.79 Å². The van der Waals surface area contributed by atoms with Gasteiger partial charge in [0.15, 0.2) is 0 Å². The van der Waals surface area contributed by atoms with Crippen molar-refractivity contribution in [3.63, 3.8) is 0 Å². The minimum Gasteiger partial charge on any atom is -0.497 e. The molecule has 5 nitrogen and oxygen atoms in total. The van der Waals surface area contributed by atoms with Crippen molar-refractivity contribution in [3.05, 3.63) is 29.8 Å². The zero-order chi connectivity index (χ0) is 16.7. The van der Waals surface area contributed by atoms with Crippen molar-refractivity contribution in [2.75, 3.05) is 39.8 Å². The van der Waals surface area contributed by atoms with Crippen LogP contribution in [0.5, 0.6) is 5.75 Å². The molecule has 23 heavy (non-hydrogen) atoms. The van der Waals surface area contributed by atoms with Gasteiger partial charge in [0, 0.05) is 38.8 Å². The average Bonchev–Trinajstić information content (AvgIpc) is 2.61. The molecule has 1 aromatic rings. The monoisotopic (exact) mass is 319 g/mol. The zero-order valence-electron chi connectivity index (χ0n) is 14.5. The molecule has 1 heterocycles. The number of nitrogens with zero attached hydrogens (tertiary/aromatic N) is 2. The highest BCUT2D eigenvalue weighted by molar-refractivity contribution is 5.74. The van der Waals surface area contributed by atoms with Gasteiger partial charge in [0.2, 0.25) is 0 Å². The van der Waals surface area contributed by atoms with Crippen molar-refractivity contribution in [2.24, 2.45) is 0 Å². The fourth-order valence-electron chi connectivity index (χ4n) is 2.84. The molecule has 2 rings (SSSR count). The smallest absolute Gasteiger partial charge is 0.317 e. The van der Waals surface area contributed by atoms with Crippen molar-refractivity contribution in [2.45, 2.75) is 32.7 Å². The molecule has 5 heteroatoms. The van der Waals surface area contributed by atoms with E-state index in [1.54, 1.807) is 7.11 Å². The third-order valence-electron chi connectivity index (χ3n) is 4.66. The Balaban J connectivity index is 1.69. The summed E-state index contributed by atoms with van der Waals surface area (Å²) in [6, 6.07) is 8.64. The molecular weight excluding hydrogens is 290 g/mol. The molecule has 0 saturated carbocycles. The van der Waals surface area contributed by atoms with Crippen LogP contribution < -0.4 is 10.1 Å². The molecule has 128 valence electrons. The molecule has 1 fully saturated rings.